The molecule has 0 aliphatic carbocycles. The third-order valence-electron chi connectivity index (χ3n) is 4.58. The summed E-state index contributed by atoms with van der Waals surface area (Å²) < 4.78 is 46.5. The van der Waals surface area contributed by atoms with Crippen LogP contribution in [0.1, 0.15) is 18.4 Å². The first-order chi connectivity index (χ1) is 10.8. The molecule has 0 amide bonds. The highest BCUT2D eigenvalue weighted by molar-refractivity contribution is 5.25. The minimum absolute atomic E-state index is 0.105. The summed E-state index contributed by atoms with van der Waals surface area (Å²) in [5.74, 6) is -0.105. The van der Waals surface area contributed by atoms with Gasteiger partial charge < -0.3 is 14.6 Å². The molecule has 5 nitrogen and oxygen atoms in total. The molecule has 23 heavy (non-hydrogen) atoms. The van der Waals surface area contributed by atoms with E-state index in [0.717, 1.165) is 0 Å². The monoisotopic (exact) mass is 332 g/mol. The van der Waals surface area contributed by atoms with E-state index < -0.39 is 18.4 Å². The Morgan fingerprint density at radius 2 is 2.00 bits per heavy atom. The summed E-state index contributed by atoms with van der Waals surface area (Å²) in [5, 5.41) is 11.0. The number of hydrogen-bond acceptors (Lipinski definition) is 5. The summed E-state index contributed by atoms with van der Waals surface area (Å²) in [6, 6.07) is 3.19. The second-order valence-corrected chi connectivity index (χ2v) is 6.24. The van der Waals surface area contributed by atoms with Gasteiger partial charge in [-0.05, 0) is 26.0 Å². The lowest BCUT2D eigenvalue weighted by Gasteiger charge is -2.50. The first-order valence-corrected chi connectivity index (χ1v) is 7.45. The van der Waals surface area contributed by atoms with Gasteiger partial charge in [0.15, 0.2) is 6.61 Å². The highest BCUT2D eigenvalue weighted by atomic mass is 19.4. The molecule has 3 heterocycles. The van der Waals surface area contributed by atoms with Crippen LogP contribution in [0.25, 0.3) is 0 Å². The van der Waals surface area contributed by atoms with Gasteiger partial charge in [-0.25, -0.2) is 4.98 Å². The van der Waals surface area contributed by atoms with Gasteiger partial charge in [-0.3, -0.25) is 4.90 Å². The lowest BCUT2D eigenvalue weighted by Crippen LogP contribution is -2.59. The number of ether oxygens (including phenoxy) is 2. The van der Waals surface area contributed by atoms with Crippen molar-refractivity contribution in [2.45, 2.75) is 36.7 Å². The SMILES string of the molecule is CN1C2COCC1CC(O)(c1ccc(OCC(F)(F)F)nc1)C2. The summed E-state index contributed by atoms with van der Waals surface area (Å²) in [6.45, 7) is -0.249. The minimum atomic E-state index is -4.40. The van der Waals surface area contributed by atoms with Crippen LogP contribution in [0.3, 0.4) is 0 Å². The number of likely N-dealkylation sites (N-methyl/N-ethyl adjacent to an activating group) is 1. The number of aliphatic hydroxyl groups is 1. The van der Waals surface area contributed by atoms with Crippen LogP contribution < -0.4 is 4.74 Å². The molecule has 1 aromatic heterocycles. The van der Waals surface area contributed by atoms with Crippen LogP contribution in [0.5, 0.6) is 5.88 Å². The van der Waals surface area contributed by atoms with E-state index in [9.17, 15) is 18.3 Å². The number of nitrogens with zero attached hydrogens (tertiary/aromatic N) is 2. The fraction of sp³-hybridized carbons (Fsp3) is 0.667. The van der Waals surface area contributed by atoms with E-state index in [0.29, 0.717) is 31.6 Å². The molecule has 2 bridgehead atoms. The van der Waals surface area contributed by atoms with Crippen LogP contribution >= 0.6 is 0 Å². The maximum atomic E-state index is 12.1. The second kappa shape index (κ2) is 5.92. The smallest absolute Gasteiger partial charge is 0.422 e. The Morgan fingerprint density at radius 3 is 2.52 bits per heavy atom. The van der Waals surface area contributed by atoms with Crippen molar-refractivity contribution in [1.82, 2.24) is 9.88 Å². The molecule has 1 aromatic rings. The zero-order valence-electron chi connectivity index (χ0n) is 12.7. The molecule has 2 aliphatic rings. The largest absolute Gasteiger partial charge is 0.468 e. The van der Waals surface area contributed by atoms with E-state index in [1.807, 2.05) is 7.05 Å². The predicted octanol–water partition coefficient (Wildman–Crippen LogP) is 1.70. The highest BCUT2D eigenvalue weighted by Crippen LogP contribution is 2.40. The fourth-order valence-corrected chi connectivity index (χ4v) is 3.27. The van der Waals surface area contributed by atoms with Gasteiger partial charge in [-0.15, -0.1) is 0 Å². The van der Waals surface area contributed by atoms with Crippen molar-refractivity contribution >= 4 is 0 Å². The van der Waals surface area contributed by atoms with Crippen molar-refractivity contribution in [1.29, 1.82) is 0 Å². The third-order valence-corrected chi connectivity index (χ3v) is 4.58. The Kier molecular flexibility index (Phi) is 4.24. The molecule has 2 unspecified atom stereocenters. The van der Waals surface area contributed by atoms with Gasteiger partial charge in [0.25, 0.3) is 0 Å². The van der Waals surface area contributed by atoms with E-state index in [1.165, 1.54) is 12.3 Å². The Morgan fingerprint density at radius 1 is 1.35 bits per heavy atom. The summed E-state index contributed by atoms with van der Waals surface area (Å²) in [4.78, 5) is 6.10. The zero-order valence-corrected chi connectivity index (χ0v) is 12.7. The third kappa shape index (κ3) is 3.59. The quantitative estimate of drug-likeness (QED) is 0.913. The van der Waals surface area contributed by atoms with Crippen molar-refractivity contribution in [3.63, 3.8) is 0 Å². The number of piperidine rings is 1. The number of fused-ring (bicyclic) bond motifs is 2. The van der Waals surface area contributed by atoms with Crippen LogP contribution in [0.4, 0.5) is 13.2 Å². The van der Waals surface area contributed by atoms with Crippen LogP contribution in [-0.4, -0.2) is 60.1 Å². The maximum absolute atomic E-state index is 12.1. The summed E-state index contributed by atoms with van der Waals surface area (Å²) in [5.41, 5.74) is -0.442. The van der Waals surface area contributed by atoms with E-state index in [-0.39, 0.29) is 18.0 Å². The molecule has 2 atom stereocenters. The molecule has 3 rings (SSSR count). The normalized spacial score (nSPS) is 31.9. The predicted molar refractivity (Wildman–Crippen MR) is 75.1 cm³/mol. The van der Waals surface area contributed by atoms with E-state index in [2.05, 4.69) is 14.6 Å². The summed E-state index contributed by atoms with van der Waals surface area (Å²) in [6.07, 6.45) is -1.99. The average Bonchev–Trinajstić information content (AvgIpc) is 2.47. The maximum Gasteiger partial charge on any atom is 0.422 e. The van der Waals surface area contributed by atoms with Gasteiger partial charge >= 0.3 is 6.18 Å². The molecule has 0 spiro atoms. The molecular formula is C15H19F3N2O3. The molecule has 0 aromatic carbocycles. The lowest BCUT2D eigenvalue weighted by atomic mass is 9.77. The molecule has 1 N–H and O–H groups in total. The van der Waals surface area contributed by atoms with Gasteiger partial charge in [0.05, 0.1) is 18.8 Å². The van der Waals surface area contributed by atoms with Crippen LogP contribution in [0.2, 0.25) is 0 Å². The first-order valence-electron chi connectivity index (χ1n) is 7.45. The number of morpholine rings is 1. The van der Waals surface area contributed by atoms with Gasteiger partial charge in [0, 0.05) is 29.9 Å². The van der Waals surface area contributed by atoms with Crippen molar-refractivity contribution < 1.29 is 27.8 Å². The van der Waals surface area contributed by atoms with Gasteiger partial charge in [-0.2, -0.15) is 13.2 Å². The topological polar surface area (TPSA) is 54.8 Å². The van der Waals surface area contributed by atoms with Crippen LogP contribution in [-0.2, 0) is 10.3 Å². The molecule has 0 radical (unpaired) electrons. The van der Waals surface area contributed by atoms with Gasteiger partial charge in [-0.1, -0.05) is 0 Å². The standard InChI is InChI=1S/C15H19F3N2O3/c1-20-11-4-14(21,5-12(20)8-22-7-11)10-2-3-13(19-6-10)23-9-15(16,17)18/h2-3,6,11-12,21H,4-5,7-9H2,1H3. The van der Waals surface area contributed by atoms with Gasteiger partial charge in [0.1, 0.15) is 0 Å². The molecule has 8 heteroatoms. The number of hydrogen-bond donors (Lipinski definition) is 1. The summed E-state index contributed by atoms with van der Waals surface area (Å²) >= 11 is 0. The van der Waals surface area contributed by atoms with Crippen molar-refractivity contribution in [3.8, 4) is 5.88 Å². The van der Waals surface area contributed by atoms with Crippen molar-refractivity contribution in [3.05, 3.63) is 23.9 Å². The number of rotatable bonds is 3. The highest BCUT2D eigenvalue weighted by Gasteiger charge is 2.45. The molecular weight excluding hydrogens is 313 g/mol. The Hall–Kier alpha value is -1.38. The molecule has 2 saturated heterocycles. The molecule has 128 valence electrons. The van der Waals surface area contributed by atoms with E-state index >= 15 is 0 Å². The van der Waals surface area contributed by atoms with E-state index in [1.54, 1.807) is 6.07 Å². The number of halogens is 3. The Labute approximate surface area is 132 Å². The number of alkyl halides is 3. The fourth-order valence-electron chi connectivity index (χ4n) is 3.27. The van der Waals surface area contributed by atoms with Crippen LogP contribution in [0, 0.1) is 0 Å². The first kappa shape index (κ1) is 16.5. The average molecular weight is 332 g/mol. The van der Waals surface area contributed by atoms with Gasteiger partial charge in [0.2, 0.25) is 5.88 Å². The zero-order chi connectivity index (χ0) is 16.7. The summed E-state index contributed by atoms with van der Waals surface area (Å²) in [7, 11) is 2.02. The van der Waals surface area contributed by atoms with Crippen LogP contribution in [0.15, 0.2) is 18.3 Å². The van der Waals surface area contributed by atoms with E-state index in [4.69, 9.17) is 4.74 Å². The number of pyridine rings is 1. The van der Waals surface area contributed by atoms with Crippen molar-refractivity contribution in [2.75, 3.05) is 26.9 Å². The lowest BCUT2D eigenvalue weighted by molar-refractivity contribution is -0.154. The Balaban J connectivity index is 1.71. The Bertz CT molecular complexity index is 536. The van der Waals surface area contributed by atoms with Crippen molar-refractivity contribution in [2.24, 2.45) is 0 Å². The molecule has 0 saturated carbocycles. The molecule has 2 aliphatic heterocycles. The molecule has 2 fully saturated rings. The number of aromatic nitrogens is 1. The minimum Gasteiger partial charge on any atom is -0.468 e. The second-order valence-electron chi connectivity index (χ2n) is 6.24.